The van der Waals surface area contributed by atoms with Gasteiger partial charge in [-0.3, -0.25) is 24.2 Å². The van der Waals surface area contributed by atoms with Crippen LogP contribution in [0.5, 0.6) is 0 Å². The molecule has 2 atom stereocenters. The second-order valence-corrected chi connectivity index (χ2v) is 13.2. The molecule has 1 saturated heterocycles. The second kappa shape index (κ2) is 11.3. The number of pyridine rings is 1. The van der Waals surface area contributed by atoms with E-state index in [-0.39, 0.29) is 64.0 Å². The number of nitrogens with one attached hydrogen (secondary N) is 1. The summed E-state index contributed by atoms with van der Waals surface area (Å²) in [5, 5.41) is 7.95. The Labute approximate surface area is 280 Å². The van der Waals surface area contributed by atoms with Crippen LogP contribution < -0.4 is 15.5 Å². The van der Waals surface area contributed by atoms with Crippen LogP contribution in [-0.2, 0) is 9.59 Å². The van der Waals surface area contributed by atoms with E-state index in [4.69, 9.17) is 11.6 Å². The Morgan fingerprint density at radius 1 is 1.12 bits per heavy atom. The van der Waals surface area contributed by atoms with Gasteiger partial charge in [-0.1, -0.05) is 38.1 Å². The van der Waals surface area contributed by atoms with Crippen molar-refractivity contribution in [2.24, 2.45) is 0 Å². The van der Waals surface area contributed by atoms with Crippen molar-refractivity contribution >= 4 is 56.7 Å². The molecular weight excluding hydrogens is 635 g/mol. The van der Waals surface area contributed by atoms with Crippen molar-refractivity contribution in [3.8, 4) is 16.8 Å². The van der Waals surface area contributed by atoms with Gasteiger partial charge in [0.1, 0.15) is 11.9 Å². The first-order valence-corrected chi connectivity index (χ1v) is 16.1. The zero-order chi connectivity index (χ0) is 34.3. The Morgan fingerprint density at radius 2 is 1.88 bits per heavy atom. The molecule has 246 valence electrons. The molecule has 0 saturated carbocycles. The standard InChI is InChI=1S/C35H34ClFN8O3/c1-8-23(46)43-15-22-34(47)42(7)32-26-31(27(36)25(28(32)37)24-17(4)9-10-21-20(24)13-39-41-21)45(30-18(5)11-12-38-29(30)16(2)3)35(48)40-33(26)44(22)14-19(43)6/h8-13,16,19,22H,1,14-15H2,2-7H3,(H,39,41). The van der Waals surface area contributed by atoms with Crippen LogP contribution in [0.15, 0.2) is 48.0 Å². The zero-order valence-corrected chi connectivity index (χ0v) is 28.2. The molecule has 11 nitrogen and oxygen atoms in total. The number of carbonyl (C=O) groups is 2. The van der Waals surface area contributed by atoms with Crippen LogP contribution in [0, 0.1) is 19.7 Å². The zero-order valence-electron chi connectivity index (χ0n) is 27.4. The van der Waals surface area contributed by atoms with E-state index in [9.17, 15) is 14.4 Å². The minimum Gasteiger partial charge on any atom is -0.340 e. The maximum absolute atomic E-state index is 17.6. The van der Waals surface area contributed by atoms with Gasteiger partial charge in [-0.2, -0.15) is 10.1 Å². The molecule has 7 rings (SSSR count). The van der Waals surface area contributed by atoms with Crippen LogP contribution in [0.25, 0.3) is 38.6 Å². The summed E-state index contributed by atoms with van der Waals surface area (Å²) in [5.74, 6) is -1.51. The van der Waals surface area contributed by atoms with E-state index in [1.54, 1.807) is 28.3 Å². The topological polar surface area (TPSA) is 120 Å². The predicted octanol–water partition coefficient (Wildman–Crippen LogP) is 5.42. The fraction of sp³-hybridized carbons (Fsp3) is 0.314. The van der Waals surface area contributed by atoms with E-state index < -0.39 is 23.5 Å². The number of rotatable bonds is 4. The van der Waals surface area contributed by atoms with Gasteiger partial charge >= 0.3 is 5.69 Å². The maximum Gasteiger partial charge on any atom is 0.354 e. The normalized spacial score (nSPS) is 17.8. The number of aromatic nitrogens is 5. The van der Waals surface area contributed by atoms with E-state index in [1.165, 1.54) is 22.6 Å². The van der Waals surface area contributed by atoms with Gasteiger partial charge in [-0.15, -0.1) is 0 Å². The molecule has 0 bridgehead atoms. The number of H-pyrrole nitrogens is 1. The number of hydrogen-bond acceptors (Lipinski definition) is 7. The van der Waals surface area contributed by atoms with E-state index in [1.807, 2.05) is 46.8 Å². The molecule has 5 heterocycles. The first-order valence-electron chi connectivity index (χ1n) is 15.7. The molecule has 2 unspecified atom stereocenters. The highest BCUT2D eigenvalue weighted by atomic mass is 35.5. The Kier molecular flexibility index (Phi) is 7.39. The average Bonchev–Trinajstić information content (AvgIpc) is 3.51. The Morgan fingerprint density at radius 3 is 2.58 bits per heavy atom. The van der Waals surface area contributed by atoms with Gasteiger partial charge < -0.3 is 14.7 Å². The van der Waals surface area contributed by atoms with Gasteiger partial charge in [0.25, 0.3) is 5.91 Å². The van der Waals surface area contributed by atoms with Crippen molar-refractivity contribution in [3.63, 3.8) is 0 Å². The molecular formula is C35H34ClFN8O3. The number of anilines is 2. The highest BCUT2D eigenvalue weighted by Gasteiger charge is 2.45. The molecule has 3 aromatic heterocycles. The Bertz CT molecular complexity index is 2280. The summed E-state index contributed by atoms with van der Waals surface area (Å²) >= 11 is 7.42. The van der Waals surface area contributed by atoms with E-state index >= 15 is 4.39 Å². The van der Waals surface area contributed by atoms with Crippen LogP contribution in [0.3, 0.4) is 0 Å². The summed E-state index contributed by atoms with van der Waals surface area (Å²) < 4.78 is 19.0. The van der Waals surface area contributed by atoms with Crippen molar-refractivity contribution in [1.82, 2.24) is 29.6 Å². The number of aryl methyl sites for hydroxylation is 2. The lowest BCUT2D eigenvalue weighted by Gasteiger charge is -2.44. The molecule has 2 amide bonds. The molecule has 0 spiro atoms. The second-order valence-electron chi connectivity index (χ2n) is 12.8. The first-order chi connectivity index (χ1) is 22.9. The van der Waals surface area contributed by atoms with Gasteiger partial charge in [-0.05, 0) is 56.0 Å². The molecule has 5 aromatic rings. The molecule has 2 aromatic carbocycles. The lowest BCUT2D eigenvalue weighted by molar-refractivity contribution is -0.130. The minimum absolute atomic E-state index is 0.00963. The fourth-order valence-electron chi connectivity index (χ4n) is 7.25. The predicted molar refractivity (Wildman–Crippen MR) is 185 cm³/mol. The van der Waals surface area contributed by atoms with Crippen LogP contribution in [0.2, 0.25) is 5.02 Å². The number of carbonyl (C=O) groups excluding carboxylic acids is 2. The van der Waals surface area contributed by atoms with E-state index in [0.717, 1.165) is 5.56 Å². The van der Waals surface area contributed by atoms with Crippen molar-refractivity contribution in [1.29, 1.82) is 0 Å². The highest BCUT2D eigenvalue weighted by Crippen LogP contribution is 2.50. The lowest BCUT2D eigenvalue weighted by Crippen LogP contribution is -2.63. The van der Waals surface area contributed by atoms with Gasteiger partial charge in [0.15, 0.2) is 5.82 Å². The van der Waals surface area contributed by atoms with Crippen LogP contribution >= 0.6 is 11.6 Å². The smallest absolute Gasteiger partial charge is 0.340 e. The number of hydrogen-bond donors (Lipinski definition) is 1. The van der Waals surface area contributed by atoms with Gasteiger partial charge in [0, 0.05) is 42.3 Å². The minimum atomic E-state index is -0.958. The summed E-state index contributed by atoms with van der Waals surface area (Å²) in [4.78, 5) is 55.5. The first kappa shape index (κ1) is 31.5. The summed E-state index contributed by atoms with van der Waals surface area (Å²) in [6.45, 7) is 13.3. The van der Waals surface area contributed by atoms with E-state index in [0.29, 0.717) is 33.4 Å². The Hall–Kier alpha value is -5.10. The SMILES string of the molecule is C=CC(=O)N1CC2C(=O)N(C)c3c(F)c(-c4c(C)ccc5[nH]ncc45)c(Cl)c4c3c(nc(=O)n4-c3c(C)ccnc3C(C)C)N2CC1C. The third kappa shape index (κ3) is 4.38. The quantitative estimate of drug-likeness (QED) is 0.254. The average molecular weight is 669 g/mol. The summed E-state index contributed by atoms with van der Waals surface area (Å²) in [5.41, 5.74) is 3.22. The van der Waals surface area contributed by atoms with Crippen molar-refractivity contribution in [2.75, 3.05) is 29.9 Å². The van der Waals surface area contributed by atoms with Crippen LogP contribution in [0.1, 0.15) is 43.5 Å². The molecule has 2 aliphatic rings. The largest absolute Gasteiger partial charge is 0.354 e. The molecule has 1 fully saturated rings. The number of piperazine rings is 1. The highest BCUT2D eigenvalue weighted by molar-refractivity contribution is 6.40. The van der Waals surface area contributed by atoms with Gasteiger partial charge in [0.2, 0.25) is 5.91 Å². The Balaban J connectivity index is 1.68. The number of aromatic amines is 1. The molecule has 0 aliphatic carbocycles. The number of benzene rings is 2. The van der Waals surface area contributed by atoms with E-state index in [2.05, 4.69) is 26.7 Å². The number of halogens is 2. The number of amides is 2. The number of nitrogens with zero attached hydrogens (tertiary/aromatic N) is 7. The maximum atomic E-state index is 17.6. The van der Waals surface area contributed by atoms with Crippen molar-refractivity contribution < 1.29 is 14.0 Å². The fourth-order valence-corrected chi connectivity index (χ4v) is 7.61. The lowest BCUT2D eigenvalue weighted by atomic mass is 9.93. The molecule has 48 heavy (non-hydrogen) atoms. The monoisotopic (exact) mass is 668 g/mol. The van der Waals surface area contributed by atoms with Crippen LogP contribution in [0.4, 0.5) is 15.9 Å². The summed E-state index contributed by atoms with van der Waals surface area (Å²) in [6.07, 6.45) is 4.49. The number of fused-ring (bicyclic) bond motifs is 3. The van der Waals surface area contributed by atoms with Gasteiger partial charge in [0.05, 0.1) is 51.3 Å². The molecule has 0 radical (unpaired) electrons. The van der Waals surface area contributed by atoms with Crippen molar-refractivity contribution in [2.45, 2.75) is 52.6 Å². The number of likely N-dealkylation sites (N-methyl/N-ethyl adjacent to an activating group) is 1. The third-order valence-corrected chi connectivity index (χ3v) is 9.96. The third-order valence-electron chi connectivity index (χ3n) is 9.60. The van der Waals surface area contributed by atoms with Crippen LogP contribution in [-0.4, -0.2) is 73.7 Å². The molecule has 13 heteroatoms. The molecule has 1 N–H and O–H groups in total. The van der Waals surface area contributed by atoms with Crippen molar-refractivity contribution in [3.05, 3.63) is 81.4 Å². The van der Waals surface area contributed by atoms with Gasteiger partial charge in [-0.25, -0.2) is 9.18 Å². The summed E-state index contributed by atoms with van der Waals surface area (Å²) in [7, 11) is 1.50. The summed E-state index contributed by atoms with van der Waals surface area (Å²) in [6, 6.07) is 4.15. The molecule has 2 aliphatic heterocycles.